The van der Waals surface area contributed by atoms with Gasteiger partial charge in [-0.15, -0.1) is 0 Å². The Morgan fingerprint density at radius 3 is 3.00 bits per heavy atom. The molecule has 2 atom stereocenters. The van der Waals surface area contributed by atoms with Gasteiger partial charge in [0.05, 0.1) is 13.0 Å². The number of rotatable bonds is 2. The zero-order chi connectivity index (χ0) is 8.77. The summed E-state index contributed by atoms with van der Waals surface area (Å²) in [6.07, 6.45) is 1.04. The molecule has 4 heteroatoms. The molecule has 66 valence electrons. The molecule has 1 saturated heterocycles. The standard InChI is InChI=1S/C8H10O4/c1-2-11-7(10)5-3-8(5)4-6(9)12-8/h5H,2-4H2,1H3/t5-,8-/m1/s1. The quantitative estimate of drug-likeness (QED) is 0.557. The van der Waals surface area contributed by atoms with E-state index in [1.165, 1.54) is 0 Å². The Hall–Kier alpha value is -1.06. The molecule has 0 aromatic heterocycles. The molecule has 12 heavy (non-hydrogen) atoms. The zero-order valence-electron chi connectivity index (χ0n) is 6.83. The van der Waals surface area contributed by atoms with Crippen LogP contribution in [0.5, 0.6) is 0 Å². The van der Waals surface area contributed by atoms with Gasteiger partial charge in [-0.25, -0.2) is 0 Å². The van der Waals surface area contributed by atoms with Crippen LogP contribution >= 0.6 is 0 Å². The van der Waals surface area contributed by atoms with Gasteiger partial charge in [-0.1, -0.05) is 0 Å². The van der Waals surface area contributed by atoms with Crippen LogP contribution in [0.25, 0.3) is 0 Å². The number of ether oxygens (including phenoxy) is 2. The van der Waals surface area contributed by atoms with E-state index in [9.17, 15) is 9.59 Å². The molecule has 2 rings (SSSR count). The van der Waals surface area contributed by atoms with Crippen molar-refractivity contribution in [3.8, 4) is 0 Å². The Kier molecular flexibility index (Phi) is 1.40. The van der Waals surface area contributed by atoms with Crippen molar-refractivity contribution < 1.29 is 19.1 Å². The second-order valence-corrected chi connectivity index (χ2v) is 3.22. The highest BCUT2D eigenvalue weighted by atomic mass is 16.6. The molecule has 1 aliphatic carbocycles. The molecule has 1 saturated carbocycles. The van der Waals surface area contributed by atoms with Crippen molar-refractivity contribution in [2.24, 2.45) is 5.92 Å². The van der Waals surface area contributed by atoms with Crippen LogP contribution < -0.4 is 0 Å². The topological polar surface area (TPSA) is 52.6 Å². The van der Waals surface area contributed by atoms with Crippen LogP contribution in [0.3, 0.4) is 0 Å². The minimum absolute atomic E-state index is 0.185. The summed E-state index contributed by atoms with van der Waals surface area (Å²) >= 11 is 0. The predicted molar refractivity (Wildman–Crippen MR) is 38.2 cm³/mol. The molecule has 0 radical (unpaired) electrons. The Morgan fingerprint density at radius 1 is 1.83 bits per heavy atom. The molecule has 2 fully saturated rings. The zero-order valence-corrected chi connectivity index (χ0v) is 6.83. The van der Waals surface area contributed by atoms with E-state index < -0.39 is 5.60 Å². The fourth-order valence-electron chi connectivity index (χ4n) is 1.60. The lowest BCUT2D eigenvalue weighted by Crippen LogP contribution is -2.38. The highest BCUT2D eigenvalue weighted by molar-refractivity contribution is 5.86. The predicted octanol–water partition coefficient (Wildman–Crippen LogP) is 0.255. The number of hydrogen-bond acceptors (Lipinski definition) is 4. The summed E-state index contributed by atoms with van der Waals surface area (Å²) < 4.78 is 9.68. The summed E-state index contributed by atoms with van der Waals surface area (Å²) in [7, 11) is 0. The monoisotopic (exact) mass is 170 g/mol. The van der Waals surface area contributed by atoms with Gasteiger partial charge in [0, 0.05) is 6.42 Å². The van der Waals surface area contributed by atoms with Gasteiger partial charge in [0.2, 0.25) is 0 Å². The molecule has 0 aromatic rings. The van der Waals surface area contributed by atoms with Gasteiger partial charge in [-0.2, -0.15) is 0 Å². The fourth-order valence-corrected chi connectivity index (χ4v) is 1.60. The van der Waals surface area contributed by atoms with Gasteiger partial charge in [0.1, 0.15) is 11.5 Å². The lowest BCUT2D eigenvalue weighted by molar-refractivity contribution is -0.178. The van der Waals surface area contributed by atoms with Gasteiger partial charge < -0.3 is 9.47 Å². The van der Waals surface area contributed by atoms with Crippen molar-refractivity contribution in [2.45, 2.75) is 25.4 Å². The molecule has 1 spiro atoms. The smallest absolute Gasteiger partial charge is 0.313 e. The molecule has 0 N–H and O–H groups in total. The number of hydrogen-bond donors (Lipinski definition) is 0. The van der Waals surface area contributed by atoms with Gasteiger partial charge in [0.15, 0.2) is 0 Å². The maximum absolute atomic E-state index is 11.1. The third-order valence-electron chi connectivity index (χ3n) is 2.36. The van der Waals surface area contributed by atoms with Crippen LogP contribution in [0.4, 0.5) is 0 Å². The Balaban J connectivity index is 1.87. The van der Waals surface area contributed by atoms with Crippen LogP contribution in [-0.2, 0) is 19.1 Å². The first-order valence-corrected chi connectivity index (χ1v) is 4.06. The Labute approximate surface area is 69.8 Å². The van der Waals surface area contributed by atoms with Gasteiger partial charge in [-0.3, -0.25) is 9.59 Å². The molecular formula is C8H10O4. The molecule has 1 aliphatic heterocycles. The second-order valence-electron chi connectivity index (χ2n) is 3.22. The summed E-state index contributed by atoms with van der Waals surface area (Å²) in [6, 6.07) is 0. The molecule has 2 aliphatic rings. The van der Waals surface area contributed by atoms with Crippen LogP contribution in [0.15, 0.2) is 0 Å². The normalized spacial score (nSPS) is 37.1. The number of esters is 2. The third-order valence-corrected chi connectivity index (χ3v) is 2.36. The van der Waals surface area contributed by atoms with E-state index in [0.29, 0.717) is 19.4 Å². The molecule has 0 unspecified atom stereocenters. The summed E-state index contributed by atoms with van der Waals surface area (Å²) in [5.41, 5.74) is -0.441. The van der Waals surface area contributed by atoms with E-state index in [4.69, 9.17) is 9.47 Å². The maximum Gasteiger partial charge on any atom is 0.313 e. The molecule has 0 amide bonds. The van der Waals surface area contributed by atoms with Crippen LogP contribution in [0.2, 0.25) is 0 Å². The minimum Gasteiger partial charge on any atom is -0.466 e. The Morgan fingerprint density at radius 2 is 2.50 bits per heavy atom. The first-order valence-electron chi connectivity index (χ1n) is 4.06. The van der Waals surface area contributed by atoms with E-state index in [2.05, 4.69) is 0 Å². The average molecular weight is 170 g/mol. The van der Waals surface area contributed by atoms with Crippen molar-refractivity contribution in [3.63, 3.8) is 0 Å². The molecular weight excluding hydrogens is 160 g/mol. The maximum atomic E-state index is 11.1. The van der Waals surface area contributed by atoms with E-state index in [-0.39, 0.29) is 17.9 Å². The summed E-state index contributed by atoms with van der Waals surface area (Å²) in [5.74, 6) is -0.623. The highest BCUT2D eigenvalue weighted by Gasteiger charge is 2.69. The van der Waals surface area contributed by atoms with Gasteiger partial charge in [-0.05, 0) is 6.92 Å². The van der Waals surface area contributed by atoms with Crippen molar-refractivity contribution in [1.29, 1.82) is 0 Å². The first-order chi connectivity index (χ1) is 5.68. The van der Waals surface area contributed by atoms with Crippen molar-refractivity contribution in [3.05, 3.63) is 0 Å². The number of carbonyl (C=O) groups excluding carboxylic acids is 2. The molecule has 4 nitrogen and oxygen atoms in total. The van der Waals surface area contributed by atoms with Crippen molar-refractivity contribution in [2.75, 3.05) is 6.61 Å². The highest BCUT2D eigenvalue weighted by Crippen LogP contribution is 2.55. The Bertz CT molecular complexity index is 237. The van der Waals surface area contributed by atoms with Crippen molar-refractivity contribution >= 4 is 11.9 Å². The number of carbonyl (C=O) groups is 2. The van der Waals surface area contributed by atoms with Crippen LogP contribution in [0, 0.1) is 5.92 Å². The van der Waals surface area contributed by atoms with Crippen molar-refractivity contribution in [1.82, 2.24) is 0 Å². The second kappa shape index (κ2) is 2.21. The van der Waals surface area contributed by atoms with E-state index >= 15 is 0 Å². The summed E-state index contributed by atoms with van der Waals surface area (Å²) in [6.45, 7) is 2.15. The van der Waals surface area contributed by atoms with E-state index in [1.54, 1.807) is 6.92 Å². The first kappa shape index (κ1) is 7.58. The minimum atomic E-state index is -0.441. The lowest BCUT2D eigenvalue weighted by Gasteiger charge is -2.26. The van der Waals surface area contributed by atoms with Gasteiger partial charge in [0.25, 0.3) is 0 Å². The summed E-state index contributed by atoms with van der Waals surface area (Å²) in [4.78, 5) is 21.6. The van der Waals surface area contributed by atoms with Crippen LogP contribution in [0.1, 0.15) is 19.8 Å². The molecule has 0 aromatic carbocycles. The largest absolute Gasteiger partial charge is 0.466 e. The molecule has 1 heterocycles. The van der Waals surface area contributed by atoms with E-state index in [1.807, 2.05) is 0 Å². The third kappa shape index (κ3) is 0.906. The summed E-state index contributed by atoms with van der Waals surface area (Å²) in [5, 5.41) is 0. The lowest BCUT2D eigenvalue weighted by atomic mass is 10.1. The van der Waals surface area contributed by atoms with E-state index in [0.717, 1.165) is 0 Å². The van der Waals surface area contributed by atoms with Crippen LogP contribution in [-0.4, -0.2) is 24.1 Å². The average Bonchev–Trinajstić information content (AvgIpc) is 2.63. The SMILES string of the molecule is CCOC(=O)[C@H]1C[C@@]12CC(=O)O2. The van der Waals surface area contributed by atoms with Gasteiger partial charge >= 0.3 is 11.9 Å². The fraction of sp³-hybridized carbons (Fsp3) is 0.750. The molecule has 0 bridgehead atoms.